The van der Waals surface area contributed by atoms with Gasteiger partial charge in [0.25, 0.3) is 11.8 Å². The van der Waals surface area contributed by atoms with Crippen LogP contribution in [-0.2, 0) is 31.0 Å². The number of fused-ring (bicyclic) bond motifs is 2. The number of aryl methyl sites for hydroxylation is 4. The molecular formula is C40H47N13O6. The predicted molar refractivity (Wildman–Crippen MR) is 219 cm³/mol. The molecule has 6 N–H and O–H groups in total. The highest BCUT2D eigenvalue weighted by Crippen LogP contribution is 2.38. The molecule has 1 aromatic carbocycles. The third-order valence-corrected chi connectivity index (χ3v) is 10.2. The van der Waals surface area contributed by atoms with Crippen LogP contribution >= 0.6 is 0 Å². The van der Waals surface area contributed by atoms with E-state index in [0.717, 1.165) is 6.29 Å². The van der Waals surface area contributed by atoms with E-state index in [4.69, 9.17) is 21.2 Å². The lowest BCUT2D eigenvalue weighted by Crippen LogP contribution is -2.45. The van der Waals surface area contributed by atoms with Crippen LogP contribution in [0.3, 0.4) is 0 Å². The molecule has 4 amide bonds. The molecule has 0 saturated carbocycles. The zero-order chi connectivity index (χ0) is 43.0. The number of imidazole rings is 2. The summed E-state index contributed by atoms with van der Waals surface area (Å²) in [5.74, 6) is -1.85. The first kappa shape index (κ1) is 41.5. The molecule has 19 heteroatoms. The molecule has 0 bridgehead atoms. The number of aldehydes is 1. The molecule has 0 aliphatic rings. The summed E-state index contributed by atoms with van der Waals surface area (Å²) >= 11 is 0. The Kier molecular flexibility index (Phi) is 11.2. The first-order valence-electron chi connectivity index (χ1n) is 18.9. The topological polar surface area (TPSA) is 255 Å². The van der Waals surface area contributed by atoms with E-state index in [1.165, 1.54) is 24.4 Å². The van der Waals surface area contributed by atoms with Crippen molar-refractivity contribution in [3.8, 4) is 5.75 Å². The summed E-state index contributed by atoms with van der Waals surface area (Å²) in [6.45, 7) is 15.5. The van der Waals surface area contributed by atoms with Gasteiger partial charge in [0, 0.05) is 37.9 Å². The summed E-state index contributed by atoms with van der Waals surface area (Å²) in [5, 5.41) is 14.5. The molecule has 19 nitrogen and oxygen atoms in total. The number of aromatic nitrogens is 9. The minimum atomic E-state index is -1.09. The normalized spacial score (nSPS) is 12.1. The Morgan fingerprint density at radius 2 is 1.25 bits per heavy atom. The van der Waals surface area contributed by atoms with Crippen LogP contribution in [0.25, 0.3) is 22.2 Å². The van der Waals surface area contributed by atoms with Gasteiger partial charge in [-0.1, -0.05) is 12.2 Å². The zero-order valence-corrected chi connectivity index (χ0v) is 34.2. The molecule has 5 aromatic heterocycles. The van der Waals surface area contributed by atoms with Gasteiger partial charge in [-0.25, -0.2) is 15.0 Å². The smallest absolute Gasteiger partial charge is 0.276 e. The van der Waals surface area contributed by atoms with Gasteiger partial charge >= 0.3 is 0 Å². The van der Waals surface area contributed by atoms with Crippen molar-refractivity contribution in [1.29, 1.82) is 0 Å². The number of ether oxygens (including phenoxy) is 1. The van der Waals surface area contributed by atoms with Crippen LogP contribution in [0.15, 0.2) is 48.7 Å². The summed E-state index contributed by atoms with van der Waals surface area (Å²) in [4.78, 5) is 77.8. The maximum absolute atomic E-state index is 13.8. The number of nitrogens with one attached hydrogen (secondary N) is 2. The SMILES string of the molecule is CCn1nc(C)cc1C(=O)Nc1nc2cc(C(N)=O)cnc2n1C/C=C/Cn1c(NC(=O)c2cc(C)nn2CC)nc2cc(C(N)=O)cc(OC(C)(C)C(C)(C)C=O)c21. The van der Waals surface area contributed by atoms with Crippen LogP contribution in [0, 0.1) is 19.3 Å². The van der Waals surface area contributed by atoms with E-state index in [1.54, 1.807) is 84.3 Å². The lowest BCUT2D eigenvalue weighted by Gasteiger charge is -2.37. The highest BCUT2D eigenvalue weighted by atomic mass is 16.5. The van der Waals surface area contributed by atoms with Gasteiger partial charge in [-0.15, -0.1) is 0 Å². The number of nitrogens with two attached hydrogens (primary N) is 2. The Balaban J connectivity index is 1.43. The van der Waals surface area contributed by atoms with E-state index in [9.17, 15) is 24.0 Å². The largest absolute Gasteiger partial charge is 0.485 e. The minimum Gasteiger partial charge on any atom is -0.485 e. The van der Waals surface area contributed by atoms with E-state index < -0.39 is 34.6 Å². The number of amides is 4. The Morgan fingerprint density at radius 1 is 0.746 bits per heavy atom. The van der Waals surface area contributed by atoms with Gasteiger partial charge in [-0.05, 0) is 85.7 Å². The van der Waals surface area contributed by atoms with Gasteiger partial charge in [0.05, 0.1) is 27.9 Å². The van der Waals surface area contributed by atoms with E-state index in [0.29, 0.717) is 58.1 Å². The van der Waals surface area contributed by atoms with Crippen LogP contribution in [0.1, 0.15) is 94.6 Å². The molecule has 6 rings (SSSR count). The van der Waals surface area contributed by atoms with Gasteiger partial charge in [-0.3, -0.25) is 43.7 Å². The van der Waals surface area contributed by atoms with E-state index >= 15 is 0 Å². The second-order valence-corrected chi connectivity index (χ2v) is 15.0. The van der Waals surface area contributed by atoms with Crippen molar-refractivity contribution in [2.75, 3.05) is 10.6 Å². The number of rotatable bonds is 16. The number of benzene rings is 1. The number of allylic oxidation sites excluding steroid dienone is 2. The summed E-state index contributed by atoms with van der Waals surface area (Å²) in [6.07, 6.45) is 5.73. The first-order valence-corrected chi connectivity index (χ1v) is 18.9. The number of nitrogens with zero attached hydrogens (tertiary/aromatic N) is 9. The second kappa shape index (κ2) is 16.0. The van der Waals surface area contributed by atoms with Crippen molar-refractivity contribution in [2.24, 2.45) is 16.9 Å². The van der Waals surface area contributed by atoms with Crippen molar-refractivity contribution in [2.45, 2.75) is 87.2 Å². The maximum atomic E-state index is 13.8. The van der Waals surface area contributed by atoms with Crippen molar-refractivity contribution < 1.29 is 28.7 Å². The van der Waals surface area contributed by atoms with E-state index in [2.05, 4.69) is 30.8 Å². The molecule has 0 fully saturated rings. The van der Waals surface area contributed by atoms with Gasteiger partial charge in [0.1, 0.15) is 40.1 Å². The van der Waals surface area contributed by atoms with Crippen LogP contribution in [-0.4, -0.2) is 79.2 Å². The lowest BCUT2D eigenvalue weighted by atomic mass is 9.78. The first-order chi connectivity index (χ1) is 27.9. The molecule has 0 radical (unpaired) electrons. The molecule has 308 valence electrons. The monoisotopic (exact) mass is 805 g/mol. The fourth-order valence-electron chi connectivity index (χ4n) is 6.32. The molecule has 59 heavy (non-hydrogen) atoms. The number of pyridine rings is 1. The zero-order valence-electron chi connectivity index (χ0n) is 34.2. The highest BCUT2D eigenvalue weighted by molar-refractivity contribution is 6.05. The average molecular weight is 806 g/mol. The number of hydrogen-bond acceptors (Lipinski definition) is 11. The number of carbonyl (C=O) groups is 5. The molecule has 0 aliphatic carbocycles. The Morgan fingerprint density at radius 3 is 1.78 bits per heavy atom. The van der Waals surface area contributed by atoms with E-state index in [1.807, 2.05) is 13.8 Å². The van der Waals surface area contributed by atoms with Gasteiger partial charge in [0.2, 0.25) is 23.7 Å². The Hall–Kier alpha value is -7.18. The molecular weight excluding hydrogens is 759 g/mol. The molecule has 0 aliphatic heterocycles. The fraction of sp³-hybridized carbons (Fsp3) is 0.350. The molecule has 6 aromatic rings. The summed E-state index contributed by atoms with van der Waals surface area (Å²) in [7, 11) is 0. The maximum Gasteiger partial charge on any atom is 0.276 e. The van der Waals surface area contributed by atoms with E-state index in [-0.39, 0.29) is 41.9 Å². The van der Waals surface area contributed by atoms with Crippen LogP contribution in [0.2, 0.25) is 0 Å². The van der Waals surface area contributed by atoms with Gasteiger partial charge in [-0.2, -0.15) is 10.2 Å². The van der Waals surface area contributed by atoms with Crippen LogP contribution < -0.4 is 26.8 Å². The fourth-order valence-corrected chi connectivity index (χ4v) is 6.32. The molecule has 0 saturated heterocycles. The molecule has 5 heterocycles. The molecule has 0 atom stereocenters. The number of carbonyl (C=O) groups excluding carboxylic acids is 5. The van der Waals surface area contributed by atoms with Crippen molar-refractivity contribution in [3.63, 3.8) is 0 Å². The average Bonchev–Trinajstić information content (AvgIpc) is 3.94. The minimum absolute atomic E-state index is 0.102. The number of anilines is 2. The summed E-state index contributed by atoms with van der Waals surface area (Å²) in [5.41, 5.74) is 12.8. The standard InChI is InChI=1S/C40H47N13O6/c1-9-52-28(15-22(3)48-52)35(57)46-37-44-26-17-24(32(41)55)19-30(59-40(7,8)39(5,6)21-54)31(26)50(37)13-11-12-14-51-34-27(18-25(20-43-34)33(42)56)45-38(51)47-36(58)29-16-23(4)49-53(29)10-2/h11-12,15-21H,9-10,13-14H2,1-8H3,(H2,41,55)(H2,42,56)(H,44,46,57)(H,45,47,58)/b12-11+. The Labute approximate surface area is 338 Å². The highest BCUT2D eigenvalue weighted by Gasteiger charge is 2.40. The summed E-state index contributed by atoms with van der Waals surface area (Å²) < 4.78 is 13.1. The van der Waals surface area contributed by atoms with Crippen molar-refractivity contribution in [3.05, 3.63) is 82.6 Å². The lowest BCUT2D eigenvalue weighted by molar-refractivity contribution is -0.124. The molecule has 0 spiro atoms. The second-order valence-electron chi connectivity index (χ2n) is 15.0. The van der Waals surface area contributed by atoms with Crippen LogP contribution in [0.4, 0.5) is 11.9 Å². The van der Waals surface area contributed by atoms with Crippen molar-refractivity contribution in [1.82, 2.24) is 43.6 Å². The van der Waals surface area contributed by atoms with Crippen molar-refractivity contribution >= 4 is 64.0 Å². The van der Waals surface area contributed by atoms with Gasteiger partial charge < -0.3 is 25.6 Å². The Bertz CT molecular complexity index is 2680. The molecule has 0 unspecified atom stereocenters. The number of primary amides is 2. The van der Waals surface area contributed by atoms with Crippen LogP contribution in [0.5, 0.6) is 5.75 Å². The summed E-state index contributed by atoms with van der Waals surface area (Å²) in [6, 6.07) is 7.82. The third-order valence-electron chi connectivity index (χ3n) is 10.2. The third kappa shape index (κ3) is 8.16. The predicted octanol–water partition coefficient (Wildman–Crippen LogP) is 4.17. The number of hydrogen-bond donors (Lipinski definition) is 4. The quantitative estimate of drug-likeness (QED) is 0.0797. The van der Waals surface area contributed by atoms with Gasteiger partial charge in [0.15, 0.2) is 5.65 Å².